The van der Waals surface area contributed by atoms with Crippen LogP contribution in [0.5, 0.6) is 0 Å². The Morgan fingerprint density at radius 2 is 2.29 bits per heavy atom. The van der Waals surface area contributed by atoms with E-state index in [4.69, 9.17) is 4.52 Å². The number of hydrogen-bond donors (Lipinski definition) is 1. The van der Waals surface area contributed by atoms with Gasteiger partial charge in [-0.05, 0) is 35.0 Å². The Bertz CT molecular complexity index is 550. The van der Waals surface area contributed by atoms with Crippen LogP contribution in [0.15, 0.2) is 27.2 Å². The molecule has 0 aliphatic heterocycles. The van der Waals surface area contributed by atoms with E-state index in [1.54, 1.807) is 13.0 Å². The summed E-state index contributed by atoms with van der Waals surface area (Å²) in [5, 5.41) is 5.81. The van der Waals surface area contributed by atoms with Gasteiger partial charge in [-0.3, -0.25) is 10.1 Å². The zero-order valence-electron chi connectivity index (χ0n) is 8.70. The third kappa shape index (κ3) is 2.50. The van der Waals surface area contributed by atoms with Crippen molar-refractivity contribution in [1.29, 1.82) is 0 Å². The molecule has 0 saturated carbocycles. The summed E-state index contributed by atoms with van der Waals surface area (Å²) in [6.07, 6.45) is 0. The van der Waals surface area contributed by atoms with Crippen molar-refractivity contribution in [2.24, 2.45) is 0 Å². The maximum absolute atomic E-state index is 13.5. The highest BCUT2D eigenvalue weighted by Crippen LogP contribution is 2.20. The van der Waals surface area contributed by atoms with E-state index in [-0.39, 0.29) is 11.6 Å². The normalized spacial score (nSPS) is 10.3. The smallest absolute Gasteiger partial charge is 0.315 e. The highest BCUT2D eigenvalue weighted by Gasteiger charge is 2.17. The van der Waals surface area contributed by atoms with E-state index in [0.717, 1.165) is 0 Å². The number of nitrogens with one attached hydrogen (secondary N) is 1. The van der Waals surface area contributed by atoms with Gasteiger partial charge in [0.15, 0.2) is 5.82 Å². The predicted octanol–water partition coefficient (Wildman–Crippen LogP) is 2.53. The molecule has 0 aliphatic carbocycles. The van der Waals surface area contributed by atoms with Crippen molar-refractivity contribution in [2.45, 2.75) is 6.92 Å². The minimum Gasteiger partial charge on any atom is -0.315 e. The van der Waals surface area contributed by atoms with Crippen LogP contribution in [0.4, 0.5) is 10.4 Å². The molecule has 0 atom stereocenters. The molecule has 1 aromatic carbocycles. The van der Waals surface area contributed by atoms with Crippen molar-refractivity contribution in [3.05, 3.63) is 39.9 Å². The fraction of sp³-hybridized carbons (Fsp3) is 0.100. The van der Waals surface area contributed by atoms with Gasteiger partial charge in [0, 0.05) is 4.47 Å². The molecule has 1 N–H and O–H groups in total. The van der Waals surface area contributed by atoms with E-state index in [9.17, 15) is 9.18 Å². The lowest BCUT2D eigenvalue weighted by molar-refractivity contribution is 0.101. The number of anilines is 1. The number of aromatic nitrogens is 2. The Balaban J connectivity index is 2.26. The van der Waals surface area contributed by atoms with Crippen LogP contribution >= 0.6 is 15.9 Å². The van der Waals surface area contributed by atoms with Crippen LogP contribution in [0.25, 0.3) is 0 Å². The number of carbonyl (C=O) groups is 1. The minimum atomic E-state index is -0.654. The molecule has 0 unspecified atom stereocenters. The molecule has 0 bridgehead atoms. The average molecular weight is 300 g/mol. The van der Waals surface area contributed by atoms with Crippen molar-refractivity contribution < 1.29 is 13.7 Å². The Hall–Kier alpha value is -1.76. The van der Waals surface area contributed by atoms with Crippen LogP contribution < -0.4 is 5.32 Å². The molecule has 0 spiro atoms. The van der Waals surface area contributed by atoms with Crippen molar-refractivity contribution in [2.75, 3.05) is 5.32 Å². The van der Waals surface area contributed by atoms with E-state index in [1.807, 2.05) is 0 Å². The number of halogens is 2. The lowest BCUT2D eigenvalue weighted by Gasteiger charge is -2.03. The lowest BCUT2D eigenvalue weighted by atomic mass is 10.2. The zero-order valence-corrected chi connectivity index (χ0v) is 10.3. The standard InChI is InChI=1S/C10H7BrFN3O2/c1-5-13-10(17-15-5)14-9(16)8-6(11)3-2-4-7(8)12/h2-4H,1H3,(H,13,14,15,16). The summed E-state index contributed by atoms with van der Waals surface area (Å²) < 4.78 is 18.5. The molecule has 1 aromatic heterocycles. The molecule has 2 aromatic rings. The maximum atomic E-state index is 13.5. The molecule has 17 heavy (non-hydrogen) atoms. The Morgan fingerprint density at radius 1 is 1.53 bits per heavy atom. The fourth-order valence-electron chi connectivity index (χ4n) is 1.22. The lowest BCUT2D eigenvalue weighted by Crippen LogP contribution is -2.14. The first-order valence-electron chi connectivity index (χ1n) is 4.63. The summed E-state index contributed by atoms with van der Waals surface area (Å²) in [5.41, 5.74) is -0.108. The summed E-state index contributed by atoms with van der Waals surface area (Å²) in [7, 11) is 0. The summed E-state index contributed by atoms with van der Waals surface area (Å²) in [6, 6.07) is 4.19. The van der Waals surface area contributed by atoms with Crippen molar-refractivity contribution in [3.63, 3.8) is 0 Å². The first-order valence-corrected chi connectivity index (χ1v) is 5.43. The van der Waals surface area contributed by atoms with Gasteiger partial charge < -0.3 is 4.52 Å². The summed E-state index contributed by atoms with van der Waals surface area (Å²) >= 11 is 3.10. The largest absolute Gasteiger partial charge is 0.328 e. The van der Waals surface area contributed by atoms with Crippen LogP contribution in [0.2, 0.25) is 0 Å². The maximum Gasteiger partial charge on any atom is 0.328 e. The topological polar surface area (TPSA) is 68.0 Å². The second-order valence-corrected chi connectivity index (χ2v) is 4.05. The van der Waals surface area contributed by atoms with Crippen LogP contribution in [-0.4, -0.2) is 16.0 Å². The van der Waals surface area contributed by atoms with Crippen LogP contribution in [0.1, 0.15) is 16.2 Å². The summed E-state index contributed by atoms with van der Waals surface area (Å²) in [6.45, 7) is 1.61. The molecule has 5 nitrogen and oxygen atoms in total. The first-order chi connectivity index (χ1) is 8.08. The molecular weight excluding hydrogens is 293 g/mol. The molecule has 0 saturated heterocycles. The highest BCUT2D eigenvalue weighted by atomic mass is 79.9. The predicted molar refractivity (Wildman–Crippen MR) is 61.1 cm³/mol. The molecule has 88 valence electrons. The molecular formula is C10H7BrFN3O2. The first kappa shape index (κ1) is 11.7. The minimum absolute atomic E-state index is 0.0670. The van der Waals surface area contributed by atoms with Gasteiger partial charge in [0.25, 0.3) is 5.91 Å². The van der Waals surface area contributed by atoms with Crippen molar-refractivity contribution >= 4 is 27.9 Å². The number of hydrogen-bond acceptors (Lipinski definition) is 4. The van der Waals surface area contributed by atoms with Gasteiger partial charge in [-0.2, -0.15) is 4.98 Å². The van der Waals surface area contributed by atoms with Crippen LogP contribution in [-0.2, 0) is 0 Å². The molecule has 0 fully saturated rings. The number of nitrogens with zero attached hydrogens (tertiary/aromatic N) is 2. The summed E-state index contributed by atoms with van der Waals surface area (Å²) in [4.78, 5) is 15.5. The van der Waals surface area contributed by atoms with E-state index < -0.39 is 11.7 Å². The van der Waals surface area contributed by atoms with Crippen LogP contribution in [0.3, 0.4) is 0 Å². The number of amides is 1. The molecule has 2 rings (SSSR count). The number of aryl methyl sites for hydroxylation is 1. The quantitative estimate of drug-likeness (QED) is 0.925. The third-order valence-corrected chi connectivity index (χ3v) is 2.60. The van der Waals surface area contributed by atoms with Gasteiger partial charge in [-0.25, -0.2) is 4.39 Å². The molecule has 0 radical (unpaired) electrons. The Morgan fingerprint density at radius 3 is 2.88 bits per heavy atom. The van der Waals surface area contributed by atoms with E-state index in [2.05, 4.69) is 31.4 Å². The van der Waals surface area contributed by atoms with Gasteiger partial charge in [0.05, 0.1) is 5.56 Å². The van der Waals surface area contributed by atoms with E-state index in [0.29, 0.717) is 10.3 Å². The zero-order chi connectivity index (χ0) is 12.4. The molecule has 7 heteroatoms. The van der Waals surface area contributed by atoms with Gasteiger partial charge in [-0.1, -0.05) is 11.2 Å². The molecule has 1 amide bonds. The fourth-order valence-corrected chi connectivity index (χ4v) is 1.74. The Kier molecular flexibility index (Phi) is 3.19. The molecule has 1 heterocycles. The van der Waals surface area contributed by atoms with Crippen molar-refractivity contribution in [1.82, 2.24) is 10.1 Å². The average Bonchev–Trinajstić information content (AvgIpc) is 2.63. The monoisotopic (exact) mass is 299 g/mol. The van der Waals surface area contributed by atoms with E-state index >= 15 is 0 Å². The van der Waals surface area contributed by atoms with Gasteiger partial charge in [-0.15, -0.1) is 0 Å². The summed E-state index contributed by atoms with van der Waals surface area (Å²) in [5.74, 6) is -0.903. The second-order valence-electron chi connectivity index (χ2n) is 3.20. The number of benzene rings is 1. The van der Waals surface area contributed by atoms with Gasteiger partial charge >= 0.3 is 6.01 Å². The van der Waals surface area contributed by atoms with Gasteiger partial charge in [0.2, 0.25) is 0 Å². The van der Waals surface area contributed by atoms with Crippen molar-refractivity contribution in [3.8, 4) is 0 Å². The van der Waals surface area contributed by atoms with Crippen LogP contribution in [0, 0.1) is 12.7 Å². The Labute approximate surface area is 104 Å². The highest BCUT2D eigenvalue weighted by molar-refractivity contribution is 9.10. The number of rotatable bonds is 2. The number of carbonyl (C=O) groups excluding carboxylic acids is 1. The molecule has 0 aliphatic rings. The van der Waals surface area contributed by atoms with E-state index in [1.165, 1.54) is 12.1 Å². The third-order valence-electron chi connectivity index (χ3n) is 1.94. The van der Waals surface area contributed by atoms with Gasteiger partial charge in [0.1, 0.15) is 5.82 Å². The SMILES string of the molecule is Cc1noc(NC(=O)c2c(F)cccc2Br)n1. The second kappa shape index (κ2) is 4.62.